The van der Waals surface area contributed by atoms with Crippen LogP contribution in [0, 0.1) is 0 Å². The first-order chi connectivity index (χ1) is 17.7. The Labute approximate surface area is 215 Å². The molecule has 1 aromatic heterocycles. The van der Waals surface area contributed by atoms with Gasteiger partial charge in [-0.3, -0.25) is 4.90 Å². The number of hydrogen-bond acceptors (Lipinski definition) is 7. The van der Waals surface area contributed by atoms with Crippen LogP contribution in [0.1, 0.15) is 6.42 Å². The van der Waals surface area contributed by atoms with Crippen LogP contribution < -0.4 is 9.47 Å². The number of halogens is 1. The van der Waals surface area contributed by atoms with Gasteiger partial charge in [-0.1, -0.05) is 11.6 Å². The Morgan fingerprint density at radius 3 is 2.22 bits per heavy atom. The number of piperazine rings is 1. The van der Waals surface area contributed by atoms with E-state index in [-0.39, 0.29) is 6.61 Å². The van der Waals surface area contributed by atoms with Gasteiger partial charge in [0, 0.05) is 55.9 Å². The van der Waals surface area contributed by atoms with Crippen LogP contribution in [0.4, 0.5) is 0 Å². The third-order valence-corrected chi connectivity index (χ3v) is 6.53. The van der Waals surface area contributed by atoms with Gasteiger partial charge >= 0.3 is 0 Å². The Morgan fingerprint density at radius 2 is 1.50 bits per heavy atom. The van der Waals surface area contributed by atoms with Crippen molar-refractivity contribution in [1.29, 1.82) is 0 Å². The maximum Gasteiger partial charge on any atom is 0.227 e. The Bertz CT molecular complexity index is 1250. The van der Waals surface area contributed by atoms with Crippen molar-refractivity contribution in [2.75, 3.05) is 52.5 Å². The summed E-state index contributed by atoms with van der Waals surface area (Å²) in [6, 6.07) is 20.6. The van der Waals surface area contributed by atoms with Gasteiger partial charge in [0.05, 0.1) is 13.2 Å². The van der Waals surface area contributed by atoms with E-state index < -0.39 is 0 Å². The van der Waals surface area contributed by atoms with Gasteiger partial charge in [0.2, 0.25) is 5.89 Å². The molecule has 0 amide bonds. The van der Waals surface area contributed by atoms with Gasteiger partial charge in [-0.15, -0.1) is 0 Å². The molecular weight excluding hydrogens is 478 g/mol. The van der Waals surface area contributed by atoms with Gasteiger partial charge in [0.1, 0.15) is 22.8 Å². The van der Waals surface area contributed by atoms with Crippen LogP contribution in [0.3, 0.4) is 0 Å². The van der Waals surface area contributed by atoms with Crippen LogP contribution in [0.25, 0.3) is 22.6 Å². The Kier molecular flexibility index (Phi) is 8.03. The molecule has 1 aliphatic heterocycles. The quantitative estimate of drug-likeness (QED) is 0.291. The Hall–Kier alpha value is -3.10. The molecule has 0 unspecified atom stereocenters. The number of β-amino-alcohol motifs (C(OH)–C–C–N with tert-alkyl or cyclic N) is 1. The molecule has 1 aliphatic rings. The van der Waals surface area contributed by atoms with Crippen molar-refractivity contribution in [2.45, 2.75) is 6.42 Å². The Balaban J connectivity index is 1.12. The summed E-state index contributed by atoms with van der Waals surface area (Å²) in [5.41, 5.74) is 2.32. The van der Waals surface area contributed by atoms with E-state index in [1.807, 2.05) is 54.6 Å². The van der Waals surface area contributed by atoms with Gasteiger partial charge in [-0.2, -0.15) is 0 Å². The van der Waals surface area contributed by atoms with E-state index in [1.165, 1.54) is 0 Å². The molecule has 5 rings (SSSR count). The number of hydrogen-bond donors (Lipinski definition) is 1. The zero-order valence-electron chi connectivity index (χ0n) is 20.1. The molecule has 0 bridgehead atoms. The van der Waals surface area contributed by atoms with E-state index in [9.17, 15) is 0 Å². The summed E-state index contributed by atoms with van der Waals surface area (Å²) in [5, 5.41) is 9.72. The average molecular weight is 508 g/mol. The Morgan fingerprint density at radius 1 is 0.833 bits per heavy atom. The van der Waals surface area contributed by atoms with Crippen molar-refractivity contribution >= 4 is 22.7 Å². The normalized spacial score (nSPS) is 14.8. The molecule has 188 valence electrons. The molecule has 0 aliphatic carbocycles. The minimum Gasteiger partial charge on any atom is -0.494 e. The fourth-order valence-electron chi connectivity index (χ4n) is 4.28. The van der Waals surface area contributed by atoms with E-state index in [4.69, 9.17) is 30.6 Å². The maximum absolute atomic E-state index is 9.05. The van der Waals surface area contributed by atoms with Crippen molar-refractivity contribution in [3.05, 3.63) is 71.8 Å². The summed E-state index contributed by atoms with van der Waals surface area (Å²) in [4.78, 5) is 9.40. The van der Waals surface area contributed by atoms with Crippen LogP contribution >= 0.6 is 11.6 Å². The van der Waals surface area contributed by atoms with Crippen molar-refractivity contribution in [1.82, 2.24) is 14.8 Å². The smallest absolute Gasteiger partial charge is 0.227 e. The van der Waals surface area contributed by atoms with Gasteiger partial charge < -0.3 is 23.9 Å². The molecule has 3 aromatic carbocycles. The van der Waals surface area contributed by atoms with Gasteiger partial charge in [-0.25, -0.2) is 4.98 Å². The number of aromatic nitrogens is 1. The average Bonchev–Trinajstić information content (AvgIpc) is 3.33. The molecule has 0 spiro atoms. The molecule has 0 atom stereocenters. The highest BCUT2D eigenvalue weighted by Crippen LogP contribution is 2.30. The largest absolute Gasteiger partial charge is 0.494 e. The monoisotopic (exact) mass is 507 g/mol. The van der Waals surface area contributed by atoms with Crippen LogP contribution in [-0.4, -0.2) is 72.4 Å². The van der Waals surface area contributed by atoms with E-state index >= 15 is 0 Å². The topological polar surface area (TPSA) is 71.2 Å². The van der Waals surface area contributed by atoms with Gasteiger partial charge in [0.15, 0.2) is 5.58 Å². The molecule has 0 saturated carbocycles. The molecule has 1 saturated heterocycles. The predicted octanol–water partition coefficient (Wildman–Crippen LogP) is 5.32. The summed E-state index contributed by atoms with van der Waals surface area (Å²) >= 11 is 5.94. The second-order valence-corrected chi connectivity index (χ2v) is 9.27. The fraction of sp³-hybridized carbons (Fsp3) is 0.321. The lowest BCUT2D eigenvalue weighted by atomic mass is 10.2. The molecule has 8 heteroatoms. The summed E-state index contributed by atoms with van der Waals surface area (Å²) in [6.45, 7) is 6.86. The minimum atomic E-state index is 0.236. The van der Waals surface area contributed by atoms with E-state index in [0.29, 0.717) is 34.6 Å². The number of benzene rings is 3. The number of ether oxygens (including phenoxy) is 2. The third-order valence-electron chi connectivity index (χ3n) is 6.28. The van der Waals surface area contributed by atoms with Gasteiger partial charge in [0.25, 0.3) is 0 Å². The van der Waals surface area contributed by atoms with Crippen molar-refractivity contribution in [3.8, 4) is 28.7 Å². The lowest BCUT2D eigenvalue weighted by molar-refractivity contribution is 0.108. The zero-order chi connectivity index (χ0) is 24.7. The van der Waals surface area contributed by atoms with Crippen LogP contribution in [-0.2, 0) is 0 Å². The number of aliphatic hydroxyl groups is 1. The fourth-order valence-corrected chi connectivity index (χ4v) is 4.41. The number of rotatable bonds is 10. The molecule has 1 fully saturated rings. The first kappa shape index (κ1) is 24.6. The van der Waals surface area contributed by atoms with E-state index in [2.05, 4.69) is 14.8 Å². The highest BCUT2D eigenvalue weighted by Gasteiger charge is 2.15. The maximum atomic E-state index is 9.05. The summed E-state index contributed by atoms with van der Waals surface area (Å²) in [5.74, 6) is 2.78. The lowest BCUT2D eigenvalue weighted by Gasteiger charge is -2.34. The standard InChI is InChI=1S/C28H30ClN3O4/c29-22-4-8-24(9-5-22)35-25-10-11-27-26(20-25)30-28(36-27)21-2-6-23(7-3-21)34-19-1-12-31-13-15-32(16-14-31)17-18-33/h2-11,20,33H,1,12-19H2. The summed E-state index contributed by atoms with van der Waals surface area (Å²) in [7, 11) is 0. The predicted molar refractivity (Wildman–Crippen MR) is 141 cm³/mol. The van der Waals surface area contributed by atoms with Crippen molar-refractivity contribution in [2.24, 2.45) is 0 Å². The first-order valence-electron chi connectivity index (χ1n) is 12.3. The molecule has 1 N–H and O–H groups in total. The molecule has 4 aromatic rings. The number of oxazole rings is 1. The first-order valence-corrected chi connectivity index (χ1v) is 12.7. The van der Waals surface area contributed by atoms with E-state index in [0.717, 1.165) is 62.5 Å². The number of nitrogens with zero attached hydrogens (tertiary/aromatic N) is 3. The SMILES string of the molecule is OCCN1CCN(CCCOc2ccc(-c3nc4cc(Oc5ccc(Cl)cc5)ccc4o3)cc2)CC1. The molecular formula is C28H30ClN3O4. The molecule has 7 nitrogen and oxygen atoms in total. The number of aliphatic hydroxyl groups excluding tert-OH is 1. The molecule has 2 heterocycles. The molecule has 36 heavy (non-hydrogen) atoms. The van der Waals surface area contributed by atoms with E-state index in [1.54, 1.807) is 12.1 Å². The van der Waals surface area contributed by atoms with Crippen LogP contribution in [0.5, 0.6) is 17.2 Å². The highest BCUT2D eigenvalue weighted by atomic mass is 35.5. The zero-order valence-corrected chi connectivity index (χ0v) is 20.9. The van der Waals surface area contributed by atoms with Gasteiger partial charge in [-0.05, 0) is 67.1 Å². The van der Waals surface area contributed by atoms with Crippen LogP contribution in [0.2, 0.25) is 5.02 Å². The highest BCUT2D eigenvalue weighted by molar-refractivity contribution is 6.30. The van der Waals surface area contributed by atoms with Crippen molar-refractivity contribution in [3.63, 3.8) is 0 Å². The summed E-state index contributed by atoms with van der Waals surface area (Å²) in [6.07, 6.45) is 0.979. The summed E-state index contributed by atoms with van der Waals surface area (Å²) < 4.78 is 17.8. The minimum absolute atomic E-state index is 0.236. The lowest BCUT2D eigenvalue weighted by Crippen LogP contribution is -2.47. The molecule has 0 radical (unpaired) electrons. The van der Waals surface area contributed by atoms with Crippen LogP contribution in [0.15, 0.2) is 71.1 Å². The third kappa shape index (κ3) is 6.36. The second-order valence-electron chi connectivity index (χ2n) is 8.84. The van der Waals surface area contributed by atoms with Crippen molar-refractivity contribution < 1.29 is 19.0 Å². The number of fused-ring (bicyclic) bond motifs is 1. The second kappa shape index (κ2) is 11.8.